The molecule has 0 saturated carbocycles. The largest absolute Gasteiger partial charge is 0.356 e. The van der Waals surface area contributed by atoms with E-state index in [-0.39, 0.29) is 0 Å². The van der Waals surface area contributed by atoms with Crippen molar-refractivity contribution < 1.29 is 0 Å². The van der Waals surface area contributed by atoms with Crippen molar-refractivity contribution in [3.63, 3.8) is 0 Å². The summed E-state index contributed by atoms with van der Waals surface area (Å²) in [5.41, 5.74) is 1.08. The van der Waals surface area contributed by atoms with Gasteiger partial charge in [0.1, 0.15) is 0 Å². The Balaban J connectivity index is 2.72. The van der Waals surface area contributed by atoms with Gasteiger partial charge in [0.2, 0.25) is 5.95 Å². The Morgan fingerprint density at radius 2 is 2.27 bits per heavy atom. The molecule has 1 rings (SSSR count). The first-order chi connectivity index (χ1) is 7.19. The number of nitrogens with one attached hydrogen (secondary N) is 1. The number of nitrogens with zero attached hydrogens (tertiary/aromatic N) is 2. The molecule has 0 spiro atoms. The Morgan fingerprint density at radius 3 is 2.87 bits per heavy atom. The molecular weight excluding hydrogens is 206 g/mol. The highest BCUT2D eigenvalue weighted by molar-refractivity contribution is 7.99. The molecule has 3 nitrogen and oxygen atoms in total. The molecule has 0 fully saturated rings. The standard InChI is InChI=1S/C11H21N3S/c1-5-12-11-13-9(3)7-14(11)10(4)8-15-6-2/h7,10H,5-6,8H2,1-4H3,(H,12,13). The van der Waals surface area contributed by atoms with Gasteiger partial charge in [-0.2, -0.15) is 11.8 Å². The third-order valence-corrected chi connectivity index (χ3v) is 3.35. The molecule has 1 aromatic heterocycles. The van der Waals surface area contributed by atoms with E-state index >= 15 is 0 Å². The summed E-state index contributed by atoms with van der Waals surface area (Å²) in [5, 5.41) is 3.30. The van der Waals surface area contributed by atoms with Crippen molar-refractivity contribution in [3.8, 4) is 0 Å². The summed E-state index contributed by atoms with van der Waals surface area (Å²) in [4.78, 5) is 4.47. The van der Waals surface area contributed by atoms with Crippen LogP contribution < -0.4 is 5.32 Å². The van der Waals surface area contributed by atoms with Gasteiger partial charge >= 0.3 is 0 Å². The minimum absolute atomic E-state index is 0.505. The molecule has 0 radical (unpaired) electrons. The van der Waals surface area contributed by atoms with Gasteiger partial charge in [-0.15, -0.1) is 0 Å². The molecule has 1 unspecified atom stereocenters. The lowest BCUT2D eigenvalue weighted by atomic mass is 10.4. The molecular formula is C11H21N3S. The molecule has 15 heavy (non-hydrogen) atoms. The van der Waals surface area contributed by atoms with Gasteiger partial charge in [-0.05, 0) is 26.5 Å². The maximum absolute atomic E-state index is 4.47. The van der Waals surface area contributed by atoms with Gasteiger partial charge in [-0.3, -0.25) is 0 Å². The van der Waals surface area contributed by atoms with Crippen LogP contribution in [0.4, 0.5) is 5.95 Å². The van der Waals surface area contributed by atoms with Crippen molar-refractivity contribution in [1.82, 2.24) is 9.55 Å². The van der Waals surface area contributed by atoms with Gasteiger partial charge in [0.05, 0.1) is 5.69 Å². The van der Waals surface area contributed by atoms with Crippen LogP contribution in [-0.2, 0) is 0 Å². The molecule has 86 valence electrons. The highest BCUT2D eigenvalue weighted by Gasteiger charge is 2.10. The molecule has 0 aromatic carbocycles. The zero-order valence-corrected chi connectivity index (χ0v) is 10.9. The smallest absolute Gasteiger partial charge is 0.203 e. The fourth-order valence-corrected chi connectivity index (χ4v) is 2.25. The molecule has 0 aliphatic rings. The summed E-state index contributed by atoms with van der Waals surface area (Å²) < 4.78 is 2.24. The average Bonchev–Trinajstić information content (AvgIpc) is 2.57. The van der Waals surface area contributed by atoms with E-state index in [1.54, 1.807) is 0 Å². The predicted molar refractivity (Wildman–Crippen MR) is 68.8 cm³/mol. The molecule has 0 bridgehead atoms. The Bertz CT molecular complexity index is 296. The lowest BCUT2D eigenvalue weighted by Crippen LogP contribution is -2.12. The second kappa shape index (κ2) is 6.05. The normalized spacial score (nSPS) is 12.8. The van der Waals surface area contributed by atoms with Crippen molar-refractivity contribution in [3.05, 3.63) is 11.9 Å². The summed E-state index contributed by atoms with van der Waals surface area (Å²) in [7, 11) is 0. The lowest BCUT2D eigenvalue weighted by Gasteiger charge is -2.15. The number of hydrogen-bond donors (Lipinski definition) is 1. The van der Waals surface area contributed by atoms with Crippen LogP contribution in [0.1, 0.15) is 32.5 Å². The Labute approximate surface area is 96.7 Å². The predicted octanol–water partition coefficient (Wildman–Crippen LogP) is 2.94. The molecule has 0 aliphatic carbocycles. The van der Waals surface area contributed by atoms with E-state index in [1.807, 2.05) is 18.7 Å². The molecule has 0 aliphatic heterocycles. The monoisotopic (exact) mass is 227 g/mol. The van der Waals surface area contributed by atoms with Crippen LogP contribution in [0, 0.1) is 6.92 Å². The van der Waals surface area contributed by atoms with Gasteiger partial charge in [-0.1, -0.05) is 6.92 Å². The second-order valence-electron chi connectivity index (χ2n) is 3.65. The first kappa shape index (κ1) is 12.4. The summed E-state index contributed by atoms with van der Waals surface area (Å²) in [6.07, 6.45) is 2.12. The molecule has 1 N–H and O–H groups in total. The van der Waals surface area contributed by atoms with Crippen molar-refractivity contribution in [2.75, 3.05) is 23.4 Å². The SMILES string of the molecule is CCNc1nc(C)cn1C(C)CSCC. The number of rotatable bonds is 6. The number of aryl methyl sites for hydroxylation is 1. The van der Waals surface area contributed by atoms with Crippen molar-refractivity contribution in [1.29, 1.82) is 0 Å². The molecule has 0 saturated heterocycles. The van der Waals surface area contributed by atoms with Crippen LogP contribution in [-0.4, -0.2) is 27.6 Å². The van der Waals surface area contributed by atoms with Crippen LogP contribution in [0.2, 0.25) is 0 Å². The van der Waals surface area contributed by atoms with Crippen LogP contribution in [0.5, 0.6) is 0 Å². The number of imidazole rings is 1. The summed E-state index contributed by atoms with van der Waals surface area (Å²) >= 11 is 1.97. The number of anilines is 1. The summed E-state index contributed by atoms with van der Waals surface area (Å²) in [5.74, 6) is 3.32. The van der Waals surface area contributed by atoms with Crippen LogP contribution in [0.15, 0.2) is 6.20 Å². The van der Waals surface area contributed by atoms with Gasteiger partial charge in [0.15, 0.2) is 0 Å². The number of aromatic nitrogens is 2. The van der Waals surface area contributed by atoms with Crippen LogP contribution in [0.25, 0.3) is 0 Å². The summed E-state index contributed by atoms with van der Waals surface area (Å²) in [6.45, 7) is 9.49. The number of hydrogen-bond acceptors (Lipinski definition) is 3. The van der Waals surface area contributed by atoms with Gasteiger partial charge in [0, 0.05) is 24.5 Å². The molecule has 4 heteroatoms. The zero-order chi connectivity index (χ0) is 11.3. The lowest BCUT2D eigenvalue weighted by molar-refractivity contribution is 0.614. The maximum Gasteiger partial charge on any atom is 0.203 e. The molecule has 1 aromatic rings. The van der Waals surface area contributed by atoms with Crippen LogP contribution >= 0.6 is 11.8 Å². The molecule has 0 amide bonds. The van der Waals surface area contributed by atoms with Crippen molar-refractivity contribution in [2.24, 2.45) is 0 Å². The molecule has 1 atom stereocenters. The fraction of sp³-hybridized carbons (Fsp3) is 0.727. The third-order valence-electron chi connectivity index (χ3n) is 2.23. The molecule has 1 heterocycles. The van der Waals surface area contributed by atoms with E-state index in [1.165, 1.54) is 5.75 Å². The minimum Gasteiger partial charge on any atom is -0.356 e. The number of thioether (sulfide) groups is 1. The van der Waals surface area contributed by atoms with E-state index in [2.05, 4.69) is 41.8 Å². The first-order valence-electron chi connectivity index (χ1n) is 5.56. The zero-order valence-electron chi connectivity index (χ0n) is 10.1. The minimum atomic E-state index is 0.505. The topological polar surface area (TPSA) is 29.9 Å². The van der Waals surface area contributed by atoms with E-state index < -0.39 is 0 Å². The average molecular weight is 227 g/mol. The summed E-state index contributed by atoms with van der Waals surface area (Å²) in [6, 6.07) is 0.505. The van der Waals surface area contributed by atoms with Gasteiger partial charge in [-0.25, -0.2) is 4.98 Å². The van der Waals surface area contributed by atoms with Gasteiger partial charge < -0.3 is 9.88 Å². The van der Waals surface area contributed by atoms with Crippen molar-refractivity contribution in [2.45, 2.75) is 33.7 Å². The van der Waals surface area contributed by atoms with Gasteiger partial charge in [0.25, 0.3) is 0 Å². The Hall–Kier alpha value is -0.640. The second-order valence-corrected chi connectivity index (χ2v) is 4.97. The fourth-order valence-electron chi connectivity index (χ4n) is 1.51. The van der Waals surface area contributed by atoms with Crippen molar-refractivity contribution >= 4 is 17.7 Å². The van der Waals surface area contributed by atoms with E-state index in [4.69, 9.17) is 0 Å². The Kier molecular flexibility index (Phi) is 5.02. The Morgan fingerprint density at radius 1 is 1.53 bits per heavy atom. The quantitative estimate of drug-likeness (QED) is 0.810. The highest BCUT2D eigenvalue weighted by atomic mass is 32.2. The van der Waals surface area contributed by atoms with E-state index in [0.29, 0.717) is 6.04 Å². The van der Waals surface area contributed by atoms with E-state index in [9.17, 15) is 0 Å². The van der Waals surface area contributed by atoms with Crippen LogP contribution in [0.3, 0.4) is 0 Å². The maximum atomic E-state index is 4.47. The third kappa shape index (κ3) is 3.45. The highest BCUT2D eigenvalue weighted by Crippen LogP contribution is 2.19. The van der Waals surface area contributed by atoms with E-state index in [0.717, 1.165) is 23.9 Å². The first-order valence-corrected chi connectivity index (χ1v) is 6.71.